The van der Waals surface area contributed by atoms with Crippen molar-refractivity contribution < 1.29 is 0 Å². The zero-order valence-electron chi connectivity index (χ0n) is 12.7. The standard InChI is InChI=1S/C14H19N7/c1-9(2)7-21-8-11(5-16-21)19-13-12-6-15-20(4)14(12)18-10(3)17-13/h5-6,8-9H,7H2,1-4H3,(H,17,18,19). The molecule has 0 radical (unpaired) electrons. The van der Waals surface area contributed by atoms with Gasteiger partial charge in [-0.05, 0) is 12.8 Å². The van der Waals surface area contributed by atoms with Gasteiger partial charge in [0.2, 0.25) is 0 Å². The van der Waals surface area contributed by atoms with E-state index in [0.29, 0.717) is 11.7 Å². The Morgan fingerprint density at radius 1 is 1.19 bits per heavy atom. The fourth-order valence-corrected chi connectivity index (χ4v) is 2.27. The largest absolute Gasteiger partial charge is 0.337 e. The minimum atomic E-state index is 0.559. The van der Waals surface area contributed by atoms with Gasteiger partial charge in [-0.2, -0.15) is 10.2 Å². The van der Waals surface area contributed by atoms with E-state index < -0.39 is 0 Å². The molecule has 3 aromatic heterocycles. The van der Waals surface area contributed by atoms with Crippen LogP contribution in [0.5, 0.6) is 0 Å². The first-order valence-electron chi connectivity index (χ1n) is 6.99. The molecule has 0 aliphatic heterocycles. The van der Waals surface area contributed by atoms with Crippen LogP contribution in [0, 0.1) is 12.8 Å². The van der Waals surface area contributed by atoms with Crippen LogP contribution >= 0.6 is 0 Å². The van der Waals surface area contributed by atoms with E-state index >= 15 is 0 Å². The van der Waals surface area contributed by atoms with Crippen LogP contribution in [0.15, 0.2) is 18.6 Å². The molecule has 7 heteroatoms. The summed E-state index contributed by atoms with van der Waals surface area (Å²) >= 11 is 0. The average molecular weight is 285 g/mol. The zero-order valence-corrected chi connectivity index (χ0v) is 12.7. The Morgan fingerprint density at radius 3 is 2.76 bits per heavy atom. The topological polar surface area (TPSA) is 73.5 Å². The minimum absolute atomic E-state index is 0.559. The molecule has 0 amide bonds. The first-order valence-corrected chi connectivity index (χ1v) is 6.99. The van der Waals surface area contributed by atoms with Crippen molar-refractivity contribution in [1.82, 2.24) is 29.5 Å². The maximum Gasteiger partial charge on any atom is 0.163 e. The number of nitrogens with zero attached hydrogens (tertiary/aromatic N) is 6. The highest BCUT2D eigenvalue weighted by molar-refractivity contribution is 5.88. The fourth-order valence-electron chi connectivity index (χ4n) is 2.27. The van der Waals surface area contributed by atoms with Crippen molar-refractivity contribution >= 4 is 22.5 Å². The number of anilines is 2. The number of hydrogen-bond acceptors (Lipinski definition) is 5. The number of rotatable bonds is 4. The molecule has 0 saturated heterocycles. The molecule has 0 saturated carbocycles. The molecule has 0 atom stereocenters. The molecule has 3 aromatic rings. The first kappa shape index (κ1) is 13.5. The summed E-state index contributed by atoms with van der Waals surface area (Å²) in [7, 11) is 1.87. The summed E-state index contributed by atoms with van der Waals surface area (Å²) in [4.78, 5) is 8.88. The van der Waals surface area contributed by atoms with Crippen molar-refractivity contribution in [3.8, 4) is 0 Å². The van der Waals surface area contributed by atoms with Crippen LogP contribution in [-0.4, -0.2) is 29.5 Å². The molecule has 0 spiro atoms. The molecule has 7 nitrogen and oxygen atoms in total. The molecule has 110 valence electrons. The van der Waals surface area contributed by atoms with E-state index in [-0.39, 0.29) is 0 Å². The van der Waals surface area contributed by atoms with Gasteiger partial charge in [-0.1, -0.05) is 13.8 Å². The van der Waals surface area contributed by atoms with Gasteiger partial charge in [-0.3, -0.25) is 9.36 Å². The summed E-state index contributed by atoms with van der Waals surface area (Å²) in [6, 6.07) is 0. The molecule has 0 fully saturated rings. The van der Waals surface area contributed by atoms with Crippen LogP contribution in [0.1, 0.15) is 19.7 Å². The second-order valence-electron chi connectivity index (χ2n) is 5.59. The number of hydrogen-bond donors (Lipinski definition) is 1. The molecule has 21 heavy (non-hydrogen) atoms. The first-order chi connectivity index (χ1) is 10.0. The Labute approximate surface area is 123 Å². The molecule has 0 aliphatic rings. The van der Waals surface area contributed by atoms with E-state index in [0.717, 1.165) is 29.1 Å². The van der Waals surface area contributed by atoms with Gasteiger partial charge in [0.15, 0.2) is 5.65 Å². The summed E-state index contributed by atoms with van der Waals surface area (Å²) in [5.74, 6) is 2.03. The van der Waals surface area contributed by atoms with E-state index in [9.17, 15) is 0 Å². The normalized spacial score (nSPS) is 11.5. The second kappa shape index (κ2) is 5.16. The molecule has 1 N–H and O–H groups in total. The van der Waals surface area contributed by atoms with Gasteiger partial charge in [0, 0.05) is 19.8 Å². The highest BCUT2D eigenvalue weighted by atomic mass is 15.3. The Morgan fingerprint density at radius 2 is 2.00 bits per heavy atom. The lowest BCUT2D eigenvalue weighted by molar-refractivity contribution is 0.483. The predicted octanol–water partition coefficient (Wildman–Crippen LogP) is 2.27. The fraction of sp³-hybridized carbons (Fsp3) is 0.429. The van der Waals surface area contributed by atoms with Crippen LogP contribution in [-0.2, 0) is 13.6 Å². The monoisotopic (exact) mass is 285 g/mol. The van der Waals surface area contributed by atoms with E-state index in [1.54, 1.807) is 10.9 Å². The molecule has 0 unspecified atom stereocenters. The number of aromatic nitrogens is 6. The van der Waals surface area contributed by atoms with Crippen LogP contribution in [0.4, 0.5) is 11.5 Å². The summed E-state index contributed by atoms with van der Waals surface area (Å²) in [6.07, 6.45) is 5.57. The van der Waals surface area contributed by atoms with E-state index in [4.69, 9.17) is 0 Å². The Kier molecular flexibility index (Phi) is 3.32. The van der Waals surface area contributed by atoms with Gasteiger partial charge in [-0.25, -0.2) is 9.97 Å². The van der Waals surface area contributed by atoms with Crippen molar-refractivity contribution in [2.45, 2.75) is 27.3 Å². The lowest BCUT2D eigenvalue weighted by Crippen LogP contribution is -2.04. The third kappa shape index (κ3) is 2.72. The van der Waals surface area contributed by atoms with Crippen molar-refractivity contribution in [2.75, 3.05) is 5.32 Å². The van der Waals surface area contributed by atoms with Crippen LogP contribution in [0.25, 0.3) is 11.0 Å². The maximum atomic E-state index is 4.47. The van der Waals surface area contributed by atoms with Crippen LogP contribution < -0.4 is 5.32 Å². The van der Waals surface area contributed by atoms with Gasteiger partial charge in [0.1, 0.15) is 11.6 Å². The zero-order chi connectivity index (χ0) is 15.0. The van der Waals surface area contributed by atoms with Gasteiger partial charge in [0.25, 0.3) is 0 Å². The van der Waals surface area contributed by atoms with E-state index in [2.05, 4.69) is 39.3 Å². The van der Waals surface area contributed by atoms with Crippen molar-refractivity contribution in [3.05, 3.63) is 24.4 Å². The SMILES string of the molecule is Cc1nc(Nc2cnn(CC(C)C)c2)c2cnn(C)c2n1. The molecule has 0 aliphatic carbocycles. The summed E-state index contributed by atoms with van der Waals surface area (Å²) in [6.45, 7) is 7.11. The lowest BCUT2D eigenvalue weighted by atomic mass is 10.2. The number of aryl methyl sites for hydroxylation is 2. The third-order valence-electron chi connectivity index (χ3n) is 3.15. The number of fused-ring (bicyclic) bond motifs is 1. The summed E-state index contributed by atoms with van der Waals surface area (Å²) in [5.41, 5.74) is 1.73. The maximum absolute atomic E-state index is 4.47. The molecular formula is C14H19N7. The Balaban J connectivity index is 1.92. The molecule has 0 bridgehead atoms. The summed E-state index contributed by atoms with van der Waals surface area (Å²) < 4.78 is 3.68. The smallest absolute Gasteiger partial charge is 0.163 e. The Hall–Kier alpha value is -2.44. The molecule has 3 heterocycles. The summed E-state index contributed by atoms with van der Waals surface area (Å²) in [5, 5.41) is 12.8. The highest BCUT2D eigenvalue weighted by Crippen LogP contribution is 2.23. The quantitative estimate of drug-likeness (QED) is 0.796. The van der Waals surface area contributed by atoms with Gasteiger partial charge in [0.05, 0.1) is 23.5 Å². The molecular weight excluding hydrogens is 266 g/mol. The minimum Gasteiger partial charge on any atom is -0.337 e. The van der Waals surface area contributed by atoms with E-state index in [1.807, 2.05) is 31.0 Å². The van der Waals surface area contributed by atoms with E-state index in [1.165, 1.54) is 0 Å². The van der Waals surface area contributed by atoms with Crippen molar-refractivity contribution in [3.63, 3.8) is 0 Å². The van der Waals surface area contributed by atoms with Crippen LogP contribution in [0.3, 0.4) is 0 Å². The molecule has 3 rings (SSSR count). The third-order valence-corrected chi connectivity index (χ3v) is 3.15. The van der Waals surface area contributed by atoms with Crippen molar-refractivity contribution in [1.29, 1.82) is 0 Å². The highest BCUT2D eigenvalue weighted by Gasteiger charge is 2.11. The van der Waals surface area contributed by atoms with Gasteiger partial charge in [-0.15, -0.1) is 0 Å². The van der Waals surface area contributed by atoms with Gasteiger partial charge < -0.3 is 5.32 Å². The Bertz CT molecular complexity index is 769. The van der Waals surface area contributed by atoms with Crippen LogP contribution in [0.2, 0.25) is 0 Å². The lowest BCUT2D eigenvalue weighted by Gasteiger charge is -2.06. The predicted molar refractivity (Wildman–Crippen MR) is 81.4 cm³/mol. The second-order valence-corrected chi connectivity index (χ2v) is 5.59. The van der Waals surface area contributed by atoms with Gasteiger partial charge >= 0.3 is 0 Å². The molecule has 0 aromatic carbocycles. The number of nitrogens with one attached hydrogen (secondary N) is 1. The van der Waals surface area contributed by atoms with Crippen molar-refractivity contribution in [2.24, 2.45) is 13.0 Å². The average Bonchev–Trinajstić information content (AvgIpc) is 2.97.